The van der Waals surface area contributed by atoms with Crippen molar-refractivity contribution in [2.45, 2.75) is 53.0 Å². The van der Waals surface area contributed by atoms with Crippen molar-refractivity contribution in [3.8, 4) is 45.3 Å². The van der Waals surface area contributed by atoms with Gasteiger partial charge in [0.25, 0.3) is 0 Å². The Morgan fingerprint density at radius 3 is 1.32 bits per heavy atom. The number of carbonyl (C=O) groups excluding carboxylic acids is 5. The molecule has 14 heteroatoms. The van der Waals surface area contributed by atoms with E-state index >= 15 is 0 Å². The molecule has 0 saturated heterocycles. The largest absolute Gasteiger partial charge is 0.461 e. The van der Waals surface area contributed by atoms with Crippen molar-refractivity contribution in [3.63, 3.8) is 0 Å². The Balaban J connectivity index is 0.950. The van der Waals surface area contributed by atoms with Gasteiger partial charge in [-0.3, -0.25) is 0 Å². The van der Waals surface area contributed by atoms with Gasteiger partial charge in [-0.15, -0.1) is 0 Å². The molecule has 1 saturated carbocycles. The van der Waals surface area contributed by atoms with Gasteiger partial charge in [-0.1, -0.05) is 149 Å². The lowest BCUT2D eigenvalue weighted by molar-refractivity contribution is -0.137. The zero-order valence-corrected chi connectivity index (χ0v) is 42.3. The van der Waals surface area contributed by atoms with Gasteiger partial charge in [0, 0.05) is 47.5 Å². The van der Waals surface area contributed by atoms with Crippen LogP contribution >= 0.6 is 0 Å². The first-order valence-corrected chi connectivity index (χ1v) is 24.9. The average molecular weight is 1010 g/mol. The van der Waals surface area contributed by atoms with Gasteiger partial charge in [-0.25, -0.2) is 24.0 Å². The van der Waals surface area contributed by atoms with Crippen LogP contribution in [0.15, 0.2) is 158 Å². The summed E-state index contributed by atoms with van der Waals surface area (Å²) < 4.78 is 29.4. The summed E-state index contributed by atoms with van der Waals surface area (Å²) >= 11 is 0. The minimum Gasteiger partial charge on any atom is -0.461 e. The van der Waals surface area contributed by atoms with E-state index in [4.69, 9.17) is 23.7 Å². The van der Waals surface area contributed by atoms with E-state index in [1.165, 1.54) is 0 Å². The van der Waals surface area contributed by atoms with E-state index in [0.717, 1.165) is 55.6 Å². The molecule has 8 aromatic rings. The molecule has 4 N–H and O–H groups in total. The first-order valence-electron chi connectivity index (χ1n) is 24.9. The first-order chi connectivity index (χ1) is 36.2. The van der Waals surface area contributed by atoms with Crippen molar-refractivity contribution in [3.05, 3.63) is 158 Å². The lowest BCUT2D eigenvalue weighted by atomic mass is 9.62. The standard InChI is InChI=1S/C61H58N4O10/c1-6-51(66)71-33-32-63-57(68)73-48-29-25-39-17-9-13-21-44(39)53(48)54-45-22-14-10-18-40(45)26-30-49(54)74-58(69)64-37-61(5)35-42(34-60(3,4)36-61)65-59(70)75-50-31-27-41-19-11-15-23-46(41)55(50)52-43-20-12-8-16-38(43)24-28-47(52)72-56(67)62-7-2/h6,8-31,42H,1,7,32-37H2,2-5H3,(H,62,67)(H,63,68)(H,64,69)(H,65,70). The van der Waals surface area contributed by atoms with E-state index in [0.29, 0.717) is 47.4 Å². The Bertz CT molecular complexity index is 3520. The molecule has 0 heterocycles. The molecule has 0 aromatic heterocycles. The van der Waals surface area contributed by atoms with Crippen LogP contribution in [0.2, 0.25) is 0 Å². The van der Waals surface area contributed by atoms with Crippen molar-refractivity contribution in [1.82, 2.24) is 21.3 Å². The van der Waals surface area contributed by atoms with Crippen LogP contribution in [0.5, 0.6) is 23.0 Å². The third kappa shape index (κ3) is 11.7. The summed E-state index contributed by atoms with van der Waals surface area (Å²) in [6.07, 6.45) is 0.213. The summed E-state index contributed by atoms with van der Waals surface area (Å²) in [5.74, 6) is 0.432. The van der Waals surface area contributed by atoms with Gasteiger partial charge < -0.3 is 45.0 Å². The van der Waals surface area contributed by atoms with Crippen LogP contribution in [0.4, 0.5) is 19.2 Å². The Morgan fingerprint density at radius 1 is 0.520 bits per heavy atom. The number of benzene rings is 8. The van der Waals surface area contributed by atoms with Crippen molar-refractivity contribution in [1.29, 1.82) is 0 Å². The van der Waals surface area contributed by atoms with Crippen LogP contribution in [0.3, 0.4) is 0 Å². The fourth-order valence-corrected chi connectivity index (χ4v) is 10.7. The number of nitrogens with one attached hydrogen (secondary N) is 4. The van der Waals surface area contributed by atoms with Crippen molar-refractivity contribution < 1.29 is 47.7 Å². The second-order valence-electron chi connectivity index (χ2n) is 19.8. The molecule has 2 unspecified atom stereocenters. The molecule has 14 nitrogen and oxygen atoms in total. The third-order valence-corrected chi connectivity index (χ3v) is 13.4. The van der Waals surface area contributed by atoms with E-state index in [-0.39, 0.29) is 48.4 Å². The molecule has 0 radical (unpaired) electrons. The molecule has 0 bridgehead atoms. The number of esters is 1. The number of hydrogen-bond acceptors (Lipinski definition) is 10. The molecule has 0 spiro atoms. The second-order valence-corrected chi connectivity index (χ2v) is 19.8. The average Bonchev–Trinajstić information content (AvgIpc) is 3.39. The van der Waals surface area contributed by atoms with Gasteiger partial charge in [0.1, 0.15) is 29.6 Å². The van der Waals surface area contributed by atoms with Crippen molar-refractivity contribution >= 4 is 73.4 Å². The summed E-state index contributed by atoms with van der Waals surface area (Å²) in [7, 11) is 0. The first kappa shape index (κ1) is 51.0. The maximum absolute atomic E-state index is 14.2. The monoisotopic (exact) mass is 1010 g/mol. The van der Waals surface area contributed by atoms with E-state index in [2.05, 4.69) is 48.6 Å². The lowest BCUT2D eigenvalue weighted by Gasteiger charge is -2.46. The van der Waals surface area contributed by atoms with Crippen molar-refractivity contribution in [2.75, 3.05) is 26.2 Å². The summed E-state index contributed by atoms with van der Waals surface area (Å²) in [5.41, 5.74) is 1.52. The molecule has 2 atom stereocenters. The summed E-state index contributed by atoms with van der Waals surface area (Å²) in [5, 5.41) is 18.2. The summed E-state index contributed by atoms with van der Waals surface area (Å²) in [6, 6.07) is 45.0. The molecule has 1 aliphatic carbocycles. The number of fused-ring (bicyclic) bond motifs is 4. The third-order valence-electron chi connectivity index (χ3n) is 13.4. The second kappa shape index (κ2) is 22.1. The van der Waals surface area contributed by atoms with Crippen LogP contribution in [0, 0.1) is 10.8 Å². The van der Waals surface area contributed by atoms with Crippen LogP contribution in [-0.2, 0) is 9.53 Å². The molecule has 4 amide bonds. The maximum atomic E-state index is 14.2. The minimum absolute atomic E-state index is 0.000715. The Morgan fingerprint density at radius 2 is 0.907 bits per heavy atom. The molecule has 8 aromatic carbocycles. The highest BCUT2D eigenvalue weighted by Crippen LogP contribution is 2.49. The molecular formula is C61H58N4O10. The molecule has 9 rings (SSSR count). The maximum Gasteiger partial charge on any atom is 0.412 e. The summed E-state index contributed by atoms with van der Waals surface area (Å²) in [4.78, 5) is 66.0. The zero-order chi connectivity index (χ0) is 52.7. The van der Waals surface area contributed by atoms with Gasteiger partial charge in [-0.2, -0.15) is 0 Å². The Labute approximate surface area is 434 Å². The molecule has 382 valence electrons. The number of hydrogen-bond donors (Lipinski definition) is 4. The fourth-order valence-electron chi connectivity index (χ4n) is 10.7. The van der Waals surface area contributed by atoms with Gasteiger partial charge in [-0.05, 0) is 104 Å². The predicted molar refractivity (Wildman–Crippen MR) is 291 cm³/mol. The van der Waals surface area contributed by atoms with E-state index in [1.54, 1.807) is 24.3 Å². The molecular weight excluding hydrogens is 949 g/mol. The van der Waals surface area contributed by atoms with E-state index < -0.39 is 35.8 Å². The zero-order valence-electron chi connectivity index (χ0n) is 42.3. The van der Waals surface area contributed by atoms with Gasteiger partial charge >= 0.3 is 30.3 Å². The van der Waals surface area contributed by atoms with Crippen LogP contribution in [0.1, 0.15) is 47.0 Å². The highest BCUT2D eigenvalue weighted by atomic mass is 16.6. The normalized spacial score (nSPS) is 15.9. The van der Waals surface area contributed by atoms with Crippen LogP contribution in [0.25, 0.3) is 65.3 Å². The molecule has 1 fully saturated rings. The number of carbonyl (C=O) groups is 5. The molecule has 0 aliphatic heterocycles. The summed E-state index contributed by atoms with van der Waals surface area (Å²) in [6.45, 7) is 12.1. The highest BCUT2D eigenvalue weighted by molar-refractivity contribution is 6.12. The van der Waals surface area contributed by atoms with Crippen molar-refractivity contribution in [2.24, 2.45) is 10.8 Å². The van der Waals surface area contributed by atoms with E-state index in [9.17, 15) is 24.0 Å². The lowest BCUT2D eigenvalue weighted by Crippen LogP contribution is -2.51. The SMILES string of the molecule is C=CC(=O)OCCNC(=O)Oc1ccc2ccccc2c1-c1c(OC(=O)NCC2(C)CC(NC(=O)Oc3ccc4ccccc4c3-c3c(OC(=O)NCC)ccc4ccccc34)CC(C)(C)C2)ccc2ccccc12. The number of rotatable bonds is 14. The topological polar surface area (TPSA) is 180 Å². The number of amides is 4. The quantitative estimate of drug-likeness (QED) is 0.0465. The molecule has 75 heavy (non-hydrogen) atoms. The fraction of sp³-hybridized carbons (Fsp3) is 0.230. The van der Waals surface area contributed by atoms with Crippen LogP contribution < -0.4 is 40.2 Å². The highest BCUT2D eigenvalue weighted by Gasteiger charge is 2.42. The van der Waals surface area contributed by atoms with E-state index in [1.807, 2.05) is 128 Å². The predicted octanol–water partition coefficient (Wildman–Crippen LogP) is 13.0. The molecule has 1 aliphatic rings. The van der Waals surface area contributed by atoms with Gasteiger partial charge in [0.2, 0.25) is 0 Å². The Hall–Kier alpha value is -8.91. The van der Waals surface area contributed by atoms with Crippen LogP contribution in [-0.4, -0.2) is 62.6 Å². The Kier molecular flexibility index (Phi) is 15.0. The van der Waals surface area contributed by atoms with Gasteiger partial charge in [0.15, 0.2) is 0 Å². The smallest absolute Gasteiger partial charge is 0.412 e. The van der Waals surface area contributed by atoms with Gasteiger partial charge in [0.05, 0.1) is 6.54 Å². The number of ether oxygens (including phenoxy) is 5. The minimum atomic E-state index is -0.774.